The number of nitrogens with two attached hydrogens (primary N) is 1. The Morgan fingerprint density at radius 1 is 1.65 bits per heavy atom. The molecule has 0 aromatic heterocycles. The first-order valence-corrected chi connectivity index (χ1v) is 4.98. The Kier molecular flexibility index (Phi) is 2.76. The number of esters is 1. The average molecular weight is 254 g/mol. The van der Waals surface area contributed by atoms with E-state index in [1.807, 2.05) is 0 Å². The summed E-state index contributed by atoms with van der Waals surface area (Å²) in [7, 11) is 0. The molecule has 2 aliphatic rings. The lowest BCUT2D eigenvalue weighted by Gasteiger charge is -2.20. The third-order valence-corrected chi connectivity index (χ3v) is 2.26. The Bertz CT molecular complexity index is 508. The van der Waals surface area contributed by atoms with Gasteiger partial charge >= 0.3 is 11.1 Å². The first-order chi connectivity index (χ1) is 8.07. The molecule has 7 nitrogen and oxygen atoms in total. The van der Waals surface area contributed by atoms with Gasteiger partial charge in [0.1, 0.15) is 12.9 Å². The number of carbonyl (C=O) groups is 1. The van der Waals surface area contributed by atoms with Gasteiger partial charge in [-0.15, -0.1) is 0 Å². The number of hydrogen-bond acceptors (Lipinski definition) is 7. The second kappa shape index (κ2) is 4.10. The number of carbonyl (C=O) groups excluding carboxylic acids is 1. The molecule has 0 saturated carbocycles. The van der Waals surface area contributed by atoms with Crippen LogP contribution in [0.4, 0.5) is 0 Å². The predicted molar refractivity (Wildman–Crippen MR) is 64.7 cm³/mol. The minimum Gasteiger partial charge on any atom is -0.457 e. The molecule has 2 heterocycles. The first-order valence-electron chi connectivity index (χ1n) is 4.60. The highest BCUT2D eigenvalue weighted by Crippen LogP contribution is 2.25. The highest BCUT2D eigenvalue weighted by atomic mass is 35.5. The van der Waals surface area contributed by atoms with Crippen LogP contribution in [-0.2, 0) is 9.53 Å². The van der Waals surface area contributed by atoms with Crippen molar-refractivity contribution in [3.63, 3.8) is 0 Å². The lowest BCUT2D eigenvalue weighted by atomic mass is 10.2. The van der Waals surface area contributed by atoms with Gasteiger partial charge in [-0.05, 0) is 0 Å². The van der Waals surface area contributed by atoms with E-state index >= 15 is 0 Å². The smallest absolute Gasteiger partial charge is 0.374 e. The summed E-state index contributed by atoms with van der Waals surface area (Å²) in [6.07, 6.45) is 2.66. The quantitative estimate of drug-likeness (QED) is 0.328. The summed E-state index contributed by atoms with van der Waals surface area (Å²) in [5, 5.41) is -1.93. The number of fused-ring (bicyclic) bond motifs is 1. The van der Waals surface area contributed by atoms with Crippen LogP contribution in [0.15, 0.2) is 32.6 Å². The molecular weight excluding hydrogens is 246 g/mol. The van der Waals surface area contributed by atoms with Crippen molar-refractivity contribution in [3.8, 4) is 0 Å². The largest absolute Gasteiger partial charge is 0.457 e. The average Bonchev–Trinajstić information content (AvgIpc) is 2.73. The molecule has 2 rings (SSSR count). The van der Waals surface area contributed by atoms with Crippen LogP contribution in [0.1, 0.15) is 0 Å². The van der Waals surface area contributed by atoms with Crippen molar-refractivity contribution in [1.29, 1.82) is 0 Å². The summed E-state index contributed by atoms with van der Waals surface area (Å²) < 4.78 is 4.78. The number of nitrogens with zero attached hydrogens (tertiary/aromatic N) is 4. The topological polar surface area (TPSA) is 102 Å². The summed E-state index contributed by atoms with van der Waals surface area (Å²) >= 11 is 5.93. The first kappa shape index (κ1) is 11.5. The minimum atomic E-state index is -1.93. The number of halogens is 1. The summed E-state index contributed by atoms with van der Waals surface area (Å²) in [5.74, 6) is -0.670. The molecule has 88 valence electrons. The number of ether oxygens (including phenoxy) is 1. The van der Waals surface area contributed by atoms with Crippen LogP contribution >= 0.6 is 11.6 Å². The van der Waals surface area contributed by atoms with Gasteiger partial charge in [0.05, 0.1) is 0 Å². The molecule has 0 aliphatic carbocycles. The third-order valence-electron chi connectivity index (χ3n) is 1.94. The summed E-state index contributed by atoms with van der Waals surface area (Å²) in [4.78, 5) is 26.9. The molecule has 8 heteroatoms. The maximum absolute atomic E-state index is 11.6. The molecular formula is C9H8ClN5O2. The van der Waals surface area contributed by atoms with Crippen LogP contribution in [-0.4, -0.2) is 41.4 Å². The molecule has 17 heavy (non-hydrogen) atoms. The second-order valence-electron chi connectivity index (χ2n) is 3.13. The molecule has 1 unspecified atom stereocenters. The van der Waals surface area contributed by atoms with E-state index in [0.29, 0.717) is 5.71 Å². The number of amidine groups is 2. The normalized spacial score (nSPS) is 25.6. The maximum Gasteiger partial charge on any atom is 0.374 e. The fraction of sp³-hybridized carbons (Fsp3) is 0.222. The molecule has 0 aromatic rings. The van der Waals surface area contributed by atoms with Crippen molar-refractivity contribution in [2.24, 2.45) is 25.7 Å². The molecule has 0 radical (unpaired) electrons. The van der Waals surface area contributed by atoms with Crippen LogP contribution in [0.25, 0.3) is 0 Å². The molecule has 2 aliphatic heterocycles. The lowest BCUT2D eigenvalue weighted by Crippen LogP contribution is -2.42. The second-order valence-corrected chi connectivity index (χ2v) is 3.66. The molecule has 0 amide bonds. The SMILES string of the molecule is C=CCOC(=O)C1(Cl)N=C(N)C2=NC=NC2=N1. The lowest BCUT2D eigenvalue weighted by molar-refractivity contribution is -0.145. The molecule has 2 N–H and O–H groups in total. The van der Waals surface area contributed by atoms with E-state index in [0.717, 1.165) is 0 Å². The number of rotatable bonds is 3. The van der Waals surface area contributed by atoms with Crippen LogP contribution in [0.3, 0.4) is 0 Å². The van der Waals surface area contributed by atoms with E-state index in [1.54, 1.807) is 0 Å². The molecule has 0 aromatic carbocycles. The fourth-order valence-corrected chi connectivity index (χ4v) is 1.44. The third kappa shape index (κ3) is 1.96. The van der Waals surface area contributed by atoms with Gasteiger partial charge in [0.25, 0.3) is 0 Å². The fourth-order valence-electron chi connectivity index (χ4n) is 1.22. The van der Waals surface area contributed by atoms with Crippen LogP contribution in [0.2, 0.25) is 0 Å². The Morgan fingerprint density at radius 2 is 2.41 bits per heavy atom. The zero-order valence-corrected chi connectivity index (χ0v) is 9.39. The van der Waals surface area contributed by atoms with E-state index in [1.165, 1.54) is 12.4 Å². The van der Waals surface area contributed by atoms with Gasteiger partial charge in [0.2, 0.25) is 0 Å². The van der Waals surface area contributed by atoms with Crippen LogP contribution < -0.4 is 5.73 Å². The summed E-state index contributed by atoms with van der Waals surface area (Å²) in [6, 6.07) is 0. The molecule has 0 fully saturated rings. The monoisotopic (exact) mass is 253 g/mol. The molecule has 0 saturated heterocycles. The van der Waals surface area contributed by atoms with Crippen molar-refractivity contribution in [3.05, 3.63) is 12.7 Å². The highest BCUT2D eigenvalue weighted by molar-refractivity contribution is 6.71. The predicted octanol–water partition coefficient (Wildman–Crippen LogP) is -0.140. The van der Waals surface area contributed by atoms with Gasteiger partial charge < -0.3 is 10.5 Å². The van der Waals surface area contributed by atoms with Gasteiger partial charge in [-0.25, -0.2) is 24.8 Å². The molecule has 0 spiro atoms. The van der Waals surface area contributed by atoms with E-state index in [2.05, 4.69) is 26.5 Å². The summed E-state index contributed by atoms with van der Waals surface area (Å²) in [6.45, 7) is 3.42. The zero-order chi connectivity index (χ0) is 12.5. The Labute approximate surface area is 101 Å². The number of aliphatic imine (C=N–C) groups is 4. The Balaban J connectivity index is 2.30. The van der Waals surface area contributed by atoms with E-state index in [9.17, 15) is 4.79 Å². The van der Waals surface area contributed by atoms with Crippen molar-refractivity contribution >= 4 is 41.3 Å². The van der Waals surface area contributed by atoms with Gasteiger partial charge in [0, 0.05) is 0 Å². The zero-order valence-electron chi connectivity index (χ0n) is 8.63. The van der Waals surface area contributed by atoms with Gasteiger partial charge in [-0.3, -0.25) is 0 Å². The standard InChI is InChI=1S/C9H8ClN5O2/c1-2-3-17-8(16)9(10)14-6(11)5-7(15-9)13-4-12-5/h2,4H,1,3H2,(H2,11,14). The Morgan fingerprint density at radius 3 is 3.12 bits per heavy atom. The maximum atomic E-state index is 11.6. The van der Waals surface area contributed by atoms with E-state index < -0.39 is 11.1 Å². The Hall–Kier alpha value is -2.02. The van der Waals surface area contributed by atoms with E-state index in [-0.39, 0.29) is 18.3 Å². The van der Waals surface area contributed by atoms with Crippen molar-refractivity contribution < 1.29 is 9.53 Å². The van der Waals surface area contributed by atoms with Gasteiger partial charge in [-0.2, -0.15) is 0 Å². The minimum absolute atomic E-state index is 0.00180. The van der Waals surface area contributed by atoms with Crippen LogP contribution in [0.5, 0.6) is 0 Å². The van der Waals surface area contributed by atoms with E-state index in [4.69, 9.17) is 22.1 Å². The van der Waals surface area contributed by atoms with Gasteiger partial charge in [0.15, 0.2) is 17.4 Å². The molecule has 0 bridgehead atoms. The highest BCUT2D eigenvalue weighted by Gasteiger charge is 2.43. The van der Waals surface area contributed by atoms with Crippen molar-refractivity contribution in [2.75, 3.05) is 6.61 Å². The van der Waals surface area contributed by atoms with Crippen molar-refractivity contribution in [2.45, 2.75) is 5.12 Å². The number of alkyl halides is 1. The molecule has 1 atom stereocenters. The number of hydrogen-bond donors (Lipinski definition) is 1. The van der Waals surface area contributed by atoms with Crippen LogP contribution in [0, 0.1) is 0 Å². The van der Waals surface area contributed by atoms with Gasteiger partial charge in [-0.1, -0.05) is 24.3 Å². The van der Waals surface area contributed by atoms with Crippen molar-refractivity contribution in [1.82, 2.24) is 0 Å². The summed E-state index contributed by atoms with van der Waals surface area (Å²) in [5.41, 5.74) is 5.91.